The summed E-state index contributed by atoms with van der Waals surface area (Å²) < 4.78 is 10.7. The summed E-state index contributed by atoms with van der Waals surface area (Å²) >= 11 is 0. The molecule has 0 spiro atoms. The van der Waals surface area contributed by atoms with Gasteiger partial charge in [0.2, 0.25) is 0 Å². The molecule has 0 amide bonds. The fourth-order valence-corrected chi connectivity index (χ4v) is 2.19. The van der Waals surface area contributed by atoms with Crippen LogP contribution in [-0.4, -0.2) is 56.3 Å². The van der Waals surface area contributed by atoms with Gasteiger partial charge in [-0.05, 0) is 39.2 Å². The van der Waals surface area contributed by atoms with Crippen LogP contribution < -0.4 is 14.8 Å². The highest BCUT2D eigenvalue weighted by atomic mass is 16.5. The first-order chi connectivity index (χ1) is 10.2. The van der Waals surface area contributed by atoms with Crippen molar-refractivity contribution in [1.82, 2.24) is 14.9 Å². The number of aromatic nitrogens is 2. The molecule has 1 N–H and O–H groups in total. The van der Waals surface area contributed by atoms with Gasteiger partial charge in [0.15, 0.2) is 11.5 Å². The van der Waals surface area contributed by atoms with Crippen molar-refractivity contribution in [3.05, 3.63) is 18.5 Å². The molecule has 1 heterocycles. The second kappa shape index (κ2) is 7.08. The molecule has 6 heteroatoms. The Kier molecular flexibility index (Phi) is 5.16. The minimum atomic E-state index is 0.633. The highest BCUT2D eigenvalue weighted by molar-refractivity contribution is 5.94. The Balaban J connectivity index is 2.25. The third-order valence-electron chi connectivity index (χ3n) is 3.22. The SMILES string of the molecule is COc1ccc2c(NCCCN(C)C)ncnc2c1OC. The summed E-state index contributed by atoms with van der Waals surface area (Å²) in [5.74, 6) is 2.12. The van der Waals surface area contributed by atoms with Gasteiger partial charge in [0.1, 0.15) is 17.7 Å². The second-order valence-electron chi connectivity index (χ2n) is 5.00. The van der Waals surface area contributed by atoms with Gasteiger partial charge in [0.05, 0.1) is 14.2 Å². The zero-order valence-corrected chi connectivity index (χ0v) is 13.0. The molecule has 6 nitrogen and oxygen atoms in total. The van der Waals surface area contributed by atoms with Gasteiger partial charge in [-0.15, -0.1) is 0 Å². The van der Waals surface area contributed by atoms with E-state index in [0.29, 0.717) is 11.5 Å². The van der Waals surface area contributed by atoms with Crippen molar-refractivity contribution in [2.75, 3.05) is 46.7 Å². The predicted molar refractivity (Wildman–Crippen MR) is 84.3 cm³/mol. The number of anilines is 1. The van der Waals surface area contributed by atoms with Crippen molar-refractivity contribution >= 4 is 16.7 Å². The molecule has 2 rings (SSSR count). The average Bonchev–Trinajstić information content (AvgIpc) is 2.50. The van der Waals surface area contributed by atoms with Crippen molar-refractivity contribution in [1.29, 1.82) is 0 Å². The summed E-state index contributed by atoms with van der Waals surface area (Å²) in [5.41, 5.74) is 0.752. The van der Waals surface area contributed by atoms with E-state index in [4.69, 9.17) is 9.47 Å². The third-order valence-corrected chi connectivity index (χ3v) is 3.22. The molecule has 0 saturated carbocycles. The van der Waals surface area contributed by atoms with Gasteiger partial charge < -0.3 is 19.7 Å². The Labute approximate surface area is 125 Å². The van der Waals surface area contributed by atoms with E-state index in [9.17, 15) is 0 Å². The highest BCUT2D eigenvalue weighted by Crippen LogP contribution is 2.35. The molecule has 21 heavy (non-hydrogen) atoms. The molecule has 0 saturated heterocycles. The van der Waals surface area contributed by atoms with Crippen LogP contribution in [0.5, 0.6) is 11.5 Å². The van der Waals surface area contributed by atoms with Crippen molar-refractivity contribution in [3.8, 4) is 11.5 Å². The minimum absolute atomic E-state index is 0.633. The van der Waals surface area contributed by atoms with Crippen LogP contribution in [0, 0.1) is 0 Å². The highest BCUT2D eigenvalue weighted by Gasteiger charge is 2.13. The van der Waals surface area contributed by atoms with Crippen molar-refractivity contribution in [2.24, 2.45) is 0 Å². The van der Waals surface area contributed by atoms with E-state index < -0.39 is 0 Å². The van der Waals surface area contributed by atoms with Crippen LogP contribution in [0.4, 0.5) is 5.82 Å². The number of rotatable bonds is 7. The maximum Gasteiger partial charge on any atom is 0.187 e. The molecule has 0 atom stereocenters. The second-order valence-corrected chi connectivity index (χ2v) is 5.00. The quantitative estimate of drug-likeness (QED) is 0.787. The standard InChI is InChI=1S/C15H22N4O2/c1-19(2)9-5-8-16-15-11-6-7-12(20-3)14(21-4)13(11)17-10-18-15/h6-7,10H,5,8-9H2,1-4H3,(H,16,17,18). The summed E-state index contributed by atoms with van der Waals surface area (Å²) in [7, 11) is 7.36. The van der Waals surface area contributed by atoms with E-state index in [2.05, 4.69) is 34.3 Å². The lowest BCUT2D eigenvalue weighted by Gasteiger charge is -2.13. The topological polar surface area (TPSA) is 59.5 Å². The first-order valence-corrected chi connectivity index (χ1v) is 6.91. The van der Waals surface area contributed by atoms with Crippen LogP contribution in [-0.2, 0) is 0 Å². The number of hydrogen-bond donors (Lipinski definition) is 1. The normalized spacial score (nSPS) is 10.9. The van der Waals surface area contributed by atoms with E-state index >= 15 is 0 Å². The van der Waals surface area contributed by atoms with Gasteiger partial charge in [0, 0.05) is 11.9 Å². The molecule has 114 valence electrons. The third kappa shape index (κ3) is 3.52. The fourth-order valence-electron chi connectivity index (χ4n) is 2.19. The Bertz CT molecular complexity index is 601. The summed E-state index contributed by atoms with van der Waals surface area (Å²) in [4.78, 5) is 10.8. The summed E-state index contributed by atoms with van der Waals surface area (Å²) in [5, 5.41) is 4.29. The lowest BCUT2D eigenvalue weighted by Crippen LogP contribution is -2.16. The largest absolute Gasteiger partial charge is 0.493 e. The Morgan fingerprint density at radius 1 is 1.14 bits per heavy atom. The molecule has 0 radical (unpaired) electrons. The van der Waals surface area contributed by atoms with Crippen molar-refractivity contribution < 1.29 is 9.47 Å². The smallest absolute Gasteiger partial charge is 0.187 e. The molecule has 2 aromatic rings. The zero-order valence-electron chi connectivity index (χ0n) is 13.0. The fraction of sp³-hybridized carbons (Fsp3) is 0.467. The van der Waals surface area contributed by atoms with E-state index in [1.54, 1.807) is 20.5 Å². The zero-order chi connectivity index (χ0) is 15.2. The first kappa shape index (κ1) is 15.3. The number of ether oxygens (including phenoxy) is 2. The van der Waals surface area contributed by atoms with Gasteiger partial charge >= 0.3 is 0 Å². The number of benzene rings is 1. The van der Waals surface area contributed by atoms with Crippen LogP contribution >= 0.6 is 0 Å². The van der Waals surface area contributed by atoms with Gasteiger partial charge in [-0.25, -0.2) is 9.97 Å². The molecular formula is C15H22N4O2. The lowest BCUT2D eigenvalue weighted by atomic mass is 10.2. The van der Waals surface area contributed by atoms with E-state index in [1.165, 1.54) is 0 Å². The lowest BCUT2D eigenvalue weighted by molar-refractivity contribution is 0.358. The van der Waals surface area contributed by atoms with Crippen LogP contribution in [0.3, 0.4) is 0 Å². The summed E-state index contributed by atoms with van der Waals surface area (Å²) in [6.45, 7) is 1.89. The average molecular weight is 290 g/mol. The number of hydrogen-bond acceptors (Lipinski definition) is 6. The molecule has 0 unspecified atom stereocenters. The minimum Gasteiger partial charge on any atom is -0.493 e. The van der Waals surface area contributed by atoms with Crippen LogP contribution in [0.1, 0.15) is 6.42 Å². The van der Waals surface area contributed by atoms with Crippen LogP contribution in [0.2, 0.25) is 0 Å². The molecule has 1 aromatic carbocycles. The van der Waals surface area contributed by atoms with Crippen molar-refractivity contribution in [3.63, 3.8) is 0 Å². The molecule has 0 bridgehead atoms. The van der Waals surface area contributed by atoms with E-state index in [0.717, 1.165) is 36.2 Å². The maximum absolute atomic E-state index is 5.41. The van der Waals surface area contributed by atoms with Gasteiger partial charge in [-0.1, -0.05) is 0 Å². The Hall–Kier alpha value is -2.08. The summed E-state index contributed by atoms with van der Waals surface area (Å²) in [6.07, 6.45) is 2.59. The van der Waals surface area contributed by atoms with E-state index in [1.807, 2.05) is 12.1 Å². The molecule has 0 aliphatic rings. The van der Waals surface area contributed by atoms with Crippen molar-refractivity contribution in [2.45, 2.75) is 6.42 Å². The molecule has 0 aliphatic carbocycles. The molecule has 1 aromatic heterocycles. The Morgan fingerprint density at radius 3 is 2.62 bits per heavy atom. The molecular weight excluding hydrogens is 268 g/mol. The predicted octanol–water partition coefficient (Wildman–Crippen LogP) is 2.01. The van der Waals surface area contributed by atoms with E-state index in [-0.39, 0.29) is 0 Å². The number of fused-ring (bicyclic) bond motifs is 1. The molecule has 0 aliphatic heterocycles. The Morgan fingerprint density at radius 2 is 1.95 bits per heavy atom. The van der Waals surface area contributed by atoms with Crippen LogP contribution in [0.25, 0.3) is 10.9 Å². The number of nitrogens with zero attached hydrogens (tertiary/aromatic N) is 3. The van der Waals surface area contributed by atoms with Gasteiger partial charge in [0.25, 0.3) is 0 Å². The summed E-state index contributed by atoms with van der Waals surface area (Å²) in [6, 6.07) is 3.82. The van der Waals surface area contributed by atoms with Gasteiger partial charge in [-0.2, -0.15) is 0 Å². The molecule has 0 fully saturated rings. The van der Waals surface area contributed by atoms with Gasteiger partial charge in [-0.3, -0.25) is 0 Å². The number of methoxy groups -OCH3 is 2. The maximum atomic E-state index is 5.41. The monoisotopic (exact) mass is 290 g/mol. The number of nitrogens with one attached hydrogen (secondary N) is 1. The van der Waals surface area contributed by atoms with Crippen LogP contribution in [0.15, 0.2) is 18.5 Å². The first-order valence-electron chi connectivity index (χ1n) is 6.91.